The van der Waals surface area contributed by atoms with Gasteiger partial charge in [-0.05, 0) is 13.0 Å². The number of hydrogen-bond donors (Lipinski definition) is 3. The van der Waals surface area contributed by atoms with Gasteiger partial charge < -0.3 is 11.5 Å². The number of carbonyl (C=O) groups is 1. The van der Waals surface area contributed by atoms with Crippen molar-refractivity contribution in [2.45, 2.75) is 6.92 Å². The lowest BCUT2D eigenvalue weighted by molar-refractivity contribution is -0.113. The van der Waals surface area contributed by atoms with Crippen LogP contribution in [0, 0.1) is 6.92 Å². The van der Waals surface area contributed by atoms with Crippen LogP contribution in [0.3, 0.4) is 0 Å². The van der Waals surface area contributed by atoms with Gasteiger partial charge >= 0.3 is 0 Å². The molecule has 0 aromatic carbocycles. The number of anilines is 1. The number of nitrogens with two attached hydrogens (primary N) is 2. The maximum Gasteiger partial charge on any atom is 0.241 e. The van der Waals surface area contributed by atoms with Crippen LogP contribution in [-0.4, -0.2) is 16.1 Å². The Morgan fingerprint density at radius 3 is 2.75 bits per heavy atom. The van der Waals surface area contributed by atoms with Crippen LogP contribution in [0.1, 0.15) is 11.3 Å². The number of H-pyrrole nitrogens is 1. The largest absolute Gasteiger partial charge is 0.382 e. The summed E-state index contributed by atoms with van der Waals surface area (Å²) in [7, 11) is 0. The Kier molecular flexibility index (Phi) is 2.14. The third kappa shape index (κ3) is 1.63. The highest BCUT2D eigenvalue weighted by atomic mass is 16.1. The highest BCUT2D eigenvalue weighted by Gasteiger charge is 2.02. The predicted molar refractivity (Wildman–Crippen MR) is 46.0 cm³/mol. The Morgan fingerprint density at radius 2 is 2.33 bits per heavy atom. The molecule has 1 amide bonds. The SMILES string of the molecule is Cc1[nH]nc(N)c1C=CC(N)=O. The molecule has 1 rings (SSSR count). The maximum atomic E-state index is 10.4. The molecule has 0 bridgehead atoms. The topological polar surface area (TPSA) is 97.8 Å². The number of nitrogen functional groups attached to an aromatic ring is 1. The van der Waals surface area contributed by atoms with E-state index in [1.54, 1.807) is 0 Å². The maximum absolute atomic E-state index is 10.4. The number of primary amides is 1. The quantitative estimate of drug-likeness (QED) is 0.530. The monoisotopic (exact) mass is 166 g/mol. The number of hydrogen-bond acceptors (Lipinski definition) is 3. The minimum atomic E-state index is -0.505. The van der Waals surface area contributed by atoms with Gasteiger partial charge in [-0.3, -0.25) is 9.89 Å². The van der Waals surface area contributed by atoms with E-state index < -0.39 is 5.91 Å². The van der Waals surface area contributed by atoms with E-state index in [0.717, 1.165) is 5.69 Å². The highest BCUT2D eigenvalue weighted by molar-refractivity contribution is 5.91. The number of aromatic amines is 1. The van der Waals surface area contributed by atoms with Gasteiger partial charge in [-0.1, -0.05) is 0 Å². The smallest absolute Gasteiger partial charge is 0.241 e. The molecule has 64 valence electrons. The van der Waals surface area contributed by atoms with Crippen molar-refractivity contribution in [3.63, 3.8) is 0 Å². The molecule has 0 aliphatic rings. The number of rotatable bonds is 2. The third-order valence-electron chi connectivity index (χ3n) is 1.44. The second-order valence-corrected chi connectivity index (χ2v) is 2.38. The number of nitrogens with one attached hydrogen (secondary N) is 1. The fourth-order valence-electron chi connectivity index (χ4n) is 0.832. The third-order valence-corrected chi connectivity index (χ3v) is 1.44. The Balaban J connectivity index is 2.95. The van der Waals surface area contributed by atoms with Crippen LogP contribution in [-0.2, 0) is 4.79 Å². The van der Waals surface area contributed by atoms with E-state index in [0.29, 0.717) is 11.4 Å². The average Bonchev–Trinajstić information content (AvgIpc) is 2.28. The summed E-state index contributed by atoms with van der Waals surface area (Å²) in [6.45, 7) is 1.81. The molecule has 0 atom stereocenters. The van der Waals surface area contributed by atoms with Crippen molar-refractivity contribution in [1.29, 1.82) is 0 Å². The first-order chi connectivity index (χ1) is 5.61. The molecule has 5 N–H and O–H groups in total. The molecule has 5 nitrogen and oxygen atoms in total. The normalized spacial score (nSPS) is 10.8. The number of aromatic nitrogens is 2. The zero-order valence-electron chi connectivity index (χ0n) is 6.66. The Morgan fingerprint density at radius 1 is 1.67 bits per heavy atom. The molecule has 0 aliphatic carbocycles. The molecule has 0 unspecified atom stereocenters. The summed E-state index contributed by atoms with van der Waals surface area (Å²) in [5.74, 6) is -0.139. The van der Waals surface area contributed by atoms with E-state index in [1.807, 2.05) is 6.92 Å². The van der Waals surface area contributed by atoms with Crippen molar-refractivity contribution >= 4 is 17.8 Å². The molecule has 0 spiro atoms. The van der Waals surface area contributed by atoms with Crippen molar-refractivity contribution in [2.75, 3.05) is 5.73 Å². The first kappa shape index (κ1) is 8.32. The second kappa shape index (κ2) is 3.08. The standard InChI is InChI=1S/C7H10N4O/c1-4-5(2-3-6(8)12)7(9)11-10-4/h2-3H,1H3,(H2,8,12)(H3,9,10,11). The molecule has 0 fully saturated rings. The first-order valence-electron chi connectivity index (χ1n) is 3.39. The second-order valence-electron chi connectivity index (χ2n) is 2.38. The van der Waals surface area contributed by atoms with Gasteiger partial charge in [0.15, 0.2) is 5.82 Å². The zero-order chi connectivity index (χ0) is 9.14. The van der Waals surface area contributed by atoms with E-state index in [4.69, 9.17) is 11.5 Å². The van der Waals surface area contributed by atoms with Crippen LogP contribution in [0.2, 0.25) is 0 Å². The lowest BCUT2D eigenvalue weighted by Crippen LogP contribution is -2.05. The summed E-state index contributed by atoms with van der Waals surface area (Å²) in [6.07, 6.45) is 2.78. The number of nitrogens with zero attached hydrogens (tertiary/aromatic N) is 1. The van der Waals surface area contributed by atoms with Crippen molar-refractivity contribution in [2.24, 2.45) is 5.73 Å². The van der Waals surface area contributed by atoms with Crippen LogP contribution in [0.15, 0.2) is 6.08 Å². The lowest BCUT2D eigenvalue weighted by Gasteiger charge is -1.89. The van der Waals surface area contributed by atoms with Gasteiger partial charge in [0.25, 0.3) is 0 Å². The molecule has 5 heteroatoms. The Labute approximate surface area is 69.4 Å². The molecular weight excluding hydrogens is 156 g/mol. The number of aryl methyl sites for hydroxylation is 1. The van der Waals surface area contributed by atoms with Crippen molar-refractivity contribution in [3.05, 3.63) is 17.3 Å². The minimum Gasteiger partial charge on any atom is -0.382 e. The summed E-state index contributed by atoms with van der Waals surface area (Å²) < 4.78 is 0. The van der Waals surface area contributed by atoms with E-state index >= 15 is 0 Å². The summed E-state index contributed by atoms with van der Waals surface area (Å²) >= 11 is 0. The van der Waals surface area contributed by atoms with Gasteiger partial charge in [0.05, 0.1) is 0 Å². The zero-order valence-corrected chi connectivity index (χ0v) is 6.66. The molecule has 12 heavy (non-hydrogen) atoms. The van der Waals surface area contributed by atoms with Crippen LogP contribution in [0.4, 0.5) is 5.82 Å². The first-order valence-corrected chi connectivity index (χ1v) is 3.39. The Bertz CT molecular complexity index is 307. The van der Waals surface area contributed by atoms with Crippen LogP contribution >= 0.6 is 0 Å². The van der Waals surface area contributed by atoms with E-state index in [9.17, 15) is 4.79 Å². The minimum absolute atomic E-state index is 0.366. The molecule has 0 saturated heterocycles. The molecule has 0 aliphatic heterocycles. The van der Waals surface area contributed by atoms with Gasteiger partial charge in [-0.2, -0.15) is 5.10 Å². The fourth-order valence-corrected chi connectivity index (χ4v) is 0.832. The summed E-state index contributed by atoms with van der Waals surface area (Å²) in [5, 5.41) is 6.43. The molecule has 1 aromatic heterocycles. The lowest BCUT2D eigenvalue weighted by atomic mass is 10.2. The summed E-state index contributed by atoms with van der Waals surface area (Å²) in [6, 6.07) is 0. The fraction of sp³-hybridized carbons (Fsp3) is 0.143. The molecule has 1 aromatic rings. The Hall–Kier alpha value is -1.78. The number of carbonyl (C=O) groups excluding carboxylic acids is 1. The van der Waals surface area contributed by atoms with E-state index in [2.05, 4.69) is 10.2 Å². The van der Waals surface area contributed by atoms with Crippen molar-refractivity contribution < 1.29 is 4.79 Å². The summed E-state index contributed by atoms with van der Waals surface area (Å²) in [4.78, 5) is 10.4. The van der Waals surface area contributed by atoms with Gasteiger partial charge in [0, 0.05) is 17.3 Å². The van der Waals surface area contributed by atoms with E-state index in [-0.39, 0.29) is 0 Å². The van der Waals surface area contributed by atoms with Crippen molar-refractivity contribution in [3.8, 4) is 0 Å². The molecule has 1 heterocycles. The van der Waals surface area contributed by atoms with Gasteiger partial charge in [-0.25, -0.2) is 0 Å². The van der Waals surface area contributed by atoms with E-state index in [1.165, 1.54) is 12.2 Å². The predicted octanol–water partition coefficient (Wildman–Crippen LogP) is -0.201. The molecule has 0 radical (unpaired) electrons. The average molecular weight is 166 g/mol. The van der Waals surface area contributed by atoms with Crippen LogP contribution < -0.4 is 11.5 Å². The van der Waals surface area contributed by atoms with Gasteiger partial charge in [-0.15, -0.1) is 0 Å². The molecule has 0 saturated carbocycles. The van der Waals surface area contributed by atoms with Gasteiger partial charge in [0.1, 0.15) is 0 Å². The van der Waals surface area contributed by atoms with Gasteiger partial charge in [0.2, 0.25) is 5.91 Å². The summed E-state index contributed by atoms with van der Waals surface area (Å²) in [5.41, 5.74) is 11.9. The van der Waals surface area contributed by atoms with Crippen LogP contribution in [0.5, 0.6) is 0 Å². The van der Waals surface area contributed by atoms with Crippen LogP contribution in [0.25, 0.3) is 6.08 Å². The van der Waals surface area contributed by atoms with Crippen molar-refractivity contribution in [1.82, 2.24) is 10.2 Å². The number of amides is 1. The highest BCUT2D eigenvalue weighted by Crippen LogP contribution is 2.13. The molecular formula is C7H10N4O.